The first-order chi connectivity index (χ1) is 2.27. The van der Waals surface area contributed by atoms with Gasteiger partial charge in [-0.1, -0.05) is 0 Å². The van der Waals surface area contributed by atoms with Crippen LogP contribution in [0.2, 0.25) is 0 Å². The number of rotatable bonds is 1. The highest BCUT2D eigenvalue weighted by Crippen LogP contribution is 1.36. The molecular weight excluding hydrogens is 106 g/mol. The molecule has 0 aliphatic rings. The van der Waals surface area contributed by atoms with Crippen molar-refractivity contribution in [3.05, 3.63) is 0 Å². The van der Waals surface area contributed by atoms with E-state index in [0.717, 1.165) is 0 Å². The van der Waals surface area contributed by atoms with E-state index in [9.17, 15) is 4.21 Å². The molecule has 0 rings (SSSR count). The minimum Gasteiger partial charge on any atom is -0.244 e. The van der Waals surface area contributed by atoms with Crippen LogP contribution in [-0.4, -0.2) is 11.3 Å². The second-order valence-electron chi connectivity index (χ2n) is 0.481. The zero-order valence-electron chi connectivity index (χ0n) is 2.76. The number of thiol groups is 1. The first-order valence-corrected chi connectivity index (χ1v) is 3.36. The molecule has 1 unspecified atom stereocenters. The molecule has 0 aromatic carbocycles. The van der Waals surface area contributed by atoms with Crippen LogP contribution in [0.5, 0.6) is 0 Å². The predicted molar refractivity (Wildman–Crippen MR) is 26.0 cm³/mol. The minimum atomic E-state index is -1.51. The summed E-state index contributed by atoms with van der Waals surface area (Å²) in [6, 6.07) is 0. The lowest BCUT2D eigenvalue weighted by Gasteiger charge is -1.70. The molecule has 0 spiro atoms. The molecular formula is CH5NOS2. The highest BCUT2D eigenvalue weighted by Gasteiger charge is 1.55. The van der Waals surface area contributed by atoms with Gasteiger partial charge in [0.2, 0.25) is 0 Å². The molecule has 0 saturated heterocycles. The summed E-state index contributed by atoms with van der Waals surface area (Å²) in [5, 5.41) is 0. The highest BCUT2D eigenvalue weighted by atomic mass is 32.8. The summed E-state index contributed by atoms with van der Waals surface area (Å²) in [6.45, 7) is 0. The second-order valence-corrected chi connectivity index (χ2v) is 2.44. The van der Waals surface area contributed by atoms with Crippen LogP contribution in [0.1, 0.15) is 0 Å². The Hall–Kier alpha value is 0.330. The molecule has 0 fully saturated rings. The first kappa shape index (κ1) is 5.33. The van der Waals surface area contributed by atoms with Gasteiger partial charge < -0.3 is 0 Å². The molecule has 0 heterocycles. The van der Waals surface area contributed by atoms with Crippen LogP contribution in [-0.2, 0) is 20.7 Å². The van der Waals surface area contributed by atoms with Crippen LogP contribution in [0.3, 0.4) is 0 Å². The maximum Gasteiger partial charge on any atom is 0.0784 e. The van der Waals surface area contributed by atoms with E-state index in [2.05, 4.69) is 15.9 Å². The van der Waals surface area contributed by atoms with Crippen molar-refractivity contribution >= 4 is 20.7 Å². The molecule has 0 bridgehead atoms. The second kappa shape index (κ2) is 2.56. The van der Waals surface area contributed by atoms with Gasteiger partial charge >= 0.3 is 0 Å². The van der Waals surface area contributed by atoms with Crippen LogP contribution >= 0.6 is 0 Å². The molecule has 0 radical (unpaired) electrons. The molecule has 32 valence electrons. The lowest BCUT2D eigenvalue weighted by atomic mass is 11.6. The Morgan fingerprint density at radius 2 is 2.20 bits per heavy atom. The molecule has 0 aromatic rings. The normalized spacial score (nSPS) is 14.6. The van der Waals surface area contributed by atoms with Crippen molar-refractivity contribution in [2.45, 2.75) is 0 Å². The van der Waals surface area contributed by atoms with Gasteiger partial charge in [0.15, 0.2) is 0 Å². The predicted octanol–water partition coefficient (Wildman–Crippen LogP) is -0.936. The third-order valence-electron chi connectivity index (χ3n) is 0.183. The van der Waals surface area contributed by atoms with Crippen LogP contribution < -0.4 is 4.72 Å². The molecule has 5 heavy (non-hydrogen) atoms. The molecule has 0 aromatic heterocycles. The van der Waals surface area contributed by atoms with Crippen molar-refractivity contribution in [1.82, 2.24) is 4.72 Å². The largest absolute Gasteiger partial charge is 0.244 e. The van der Waals surface area contributed by atoms with Crippen LogP contribution in [0.15, 0.2) is 0 Å². The van der Waals surface area contributed by atoms with Gasteiger partial charge in [-0.15, -0.1) is 0 Å². The Bertz CT molecular complexity index is 67.7. The smallest absolute Gasteiger partial charge is 0.0784 e. The average molecular weight is 111 g/mol. The summed E-state index contributed by atoms with van der Waals surface area (Å²) in [5.74, 6) is 0. The van der Waals surface area contributed by atoms with Gasteiger partial charge in [0.05, 0.1) is 9.54 Å². The summed E-state index contributed by atoms with van der Waals surface area (Å²) in [4.78, 5) is 0. The highest BCUT2D eigenvalue weighted by molar-refractivity contribution is 8.20. The molecule has 1 N–H and O–H groups in total. The van der Waals surface area contributed by atoms with Gasteiger partial charge in [0.1, 0.15) is 0 Å². The van der Waals surface area contributed by atoms with E-state index in [-0.39, 0.29) is 0 Å². The molecule has 2 nitrogen and oxygen atoms in total. The SMILES string of the molecule is CN[SH](=O)=S. The number of hydrogen-bond acceptors (Lipinski definition) is 2. The number of hydrogen-bond donors (Lipinski definition) is 2. The summed E-state index contributed by atoms with van der Waals surface area (Å²) in [7, 11) is 0.0463. The lowest BCUT2D eigenvalue weighted by Crippen LogP contribution is -1.98. The van der Waals surface area contributed by atoms with E-state index in [1.54, 1.807) is 7.05 Å². The fourth-order valence-electron chi connectivity index (χ4n) is 0. The minimum absolute atomic E-state index is 1.51. The maximum absolute atomic E-state index is 9.66. The monoisotopic (exact) mass is 111 g/mol. The van der Waals surface area contributed by atoms with Crippen molar-refractivity contribution in [1.29, 1.82) is 0 Å². The number of nitrogens with one attached hydrogen (secondary N) is 1. The molecule has 0 saturated carbocycles. The van der Waals surface area contributed by atoms with Gasteiger partial charge in [0, 0.05) is 0 Å². The van der Waals surface area contributed by atoms with Gasteiger partial charge in [-0.05, 0) is 18.2 Å². The summed E-state index contributed by atoms with van der Waals surface area (Å²) >= 11 is 4.18. The van der Waals surface area contributed by atoms with Crippen molar-refractivity contribution in [2.75, 3.05) is 7.05 Å². The molecule has 4 heteroatoms. The van der Waals surface area contributed by atoms with Crippen molar-refractivity contribution in [3.8, 4) is 0 Å². The Balaban J connectivity index is 3.23. The van der Waals surface area contributed by atoms with Gasteiger partial charge in [-0.2, -0.15) is 0 Å². The van der Waals surface area contributed by atoms with Gasteiger partial charge in [-0.3, -0.25) is 0 Å². The zero-order valence-corrected chi connectivity index (χ0v) is 4.47. The van der Waals surface area contributed by atoms with E-state index >= 15 is 0 Å². The Labute approximate surface area is 37.4 Å². The topological polar surface area (TPSA) is 29.1 Å². The molecule has 0 aliphatic heterocycles. The third-order valence-corrected chi connectivity index (χ3v) is 1.10. The quantitative estimate of drug-likeness (QED) is 0.428. The summed E-state index contributed by atoms with van der Waals surface area (Å²) < 4.78 is 12.0. The average Bonchev–Trinajstić information content (AvgIpc) is 1.38. The zero-order chi connectivity index (χ0) is 4.28. The van der Waals surface area contributed by atoms with Crippen LogP contribution in [0.25, 0.3) is 0 Å². The van der Waals surface area contributed by atoms with E-state index in [0.29, 0.717) is 0 Å². The molecule has 0 aliphatic carbocycles. The fraction of sp³-hybridized carbons (Fsp3) is 1.00. The van der Waals surface area contributed by atoms with Gasteiger partial charge in [0.25, 0.3) is 0 Å². The van der Waals surface area contributed by atoms with Crippen LogP contribution in [0, 0.1) is 0 Å². The third kappa shape index (κ3) is 4.33. The fourth-order valence-corrected chi connectivity index (χ4v) is 0. The standard InChI is InChI=1S/CH5NOS2/c1-2-5(3)4/h5H,1H3,(H,2,3,4). The van der Waals surface area contributed by atoms with Crippen molar-refractivity contribution in [2.24, 2.45) is 0 Å². The van der Waals surface area contributed by atoms with Crippen molar-refractivity contribution in [3.63, 3.8) is 0 Å². The van der Waals surface area contributed by atoms with Crippen molar-refractivity contribution < 1.29 is 4.21 Å². The Kier molecular flexibility index (Phi) is 2.73. The van der Waals surface area contributed by atoms with Crippen LogP contribution in [0.4, 0.5) is 0 Å². The summed E-state index contributed by atoms with van der Waals surface area (Å²) in [5.41, 5.74) is 0. The maximum atomic E-state index is 9.66. The lowest BCUT2D eigenvalue weighted by molar-refractivity contribution is 0.688. The molecule has 1 atom stereocenters. The van der Waals surface area contributed by atoms with Gasteiger partial charge in [-0.25, -0.2) is 8.93 Å². The van der Waals surface area contributed by atoms with E-state index in [1.807, 2.05) is 0 Å². The summed E-state index contributed by atoms with van der Waals surface area (Å²) in [6.07, 6.45) is 0. The Morgan fingerprint density at radius 3 is 2.20 bits per heavy atom. The van der Waals surface area contributed by atoms with E-state index in [4.69, 9.17) is 0 Å². The molecule has 0 amide bonds. The van der Waals surface area contributed by atoms with E-state index < -0.39 is 9.54 Å². The first-order valence-electron chi connectivity index (χ1n) is 1.09. The Morgan fingerprint density at radius 1 is 2.00 bits per heavy atom. The van der Waals surface area contributed by atoms with E-state index in [1.165, 1.54) is 0 Å².